The third-order valence-corrected chi connectivity index (χ3v) is 3.00. The van der Waals surface area contributed by atoms with Gasteiger partial charge in [0, 0.05) is 13.0 Å². The minimum absolute atomic E-state index is 0.156. The number of H-pyrrole nitrogens is 1. The monoisotopic (exact) mass is 347 g/mol. The first-order valence-corrected chi connectivity index (χ1v) is 6.01. The zero-order valence-electron chi connectivity index (χ0n) is 9.03. The van der Waals surface area contributed by atoms with Gasteiger partial charge >= 0.3 is 0 Å². The molecule has 2 aromatic heterocycles. The summed E-state index contributed by atoms with van der Waals surface area (Å²) in [6.07, 6.45) is 1.95. The van der Waals surface area contributed by atoms with Gasteiger partial charge in [-0.3, -0.25) is 4.79 Å². The molecule has 7 nitrogen and oxygen atoms in total. The fraction of sp³-hybridized carbons (Fsp3) is 0.333. The van der Waals surface area contributed by atoms with Crippen LogP contribution in [0.25, 0.3) is 0 Å². The Morgan fingerprint density at radius 1 is 1.59 bits per heavy atom. The molecule has 0 aliphatic carbocycles. The van der Waals surface area contributed by atoms with E-state index in [4.69, 9.17) is 4.52 Å². The highest BCUT2D eigenvalue weighted by atomic mass is 127. The quantitative estimate of drug-likeness (QED) is 0.792. The first-order chi connectivity index (χ1) is 8.16. The number of aromatic nitrogens is 4. The summed E-state index contributed by atoms with van der Waals surface area (Å²) < 4.78 is 5.50. The van der Waals surface area contributed by atoms with Gasteiger partial charge in [0.25, 0.3) is 5.56 Å². The van der Waals surface area contributed by atoms with E-state index in [1.807, 2.05) is 22.6 Å². The van der Waals surface area contributed by atoms with Crippen molar-refractivity contribution in [1.29, 1.82) is 0 Å². The minimum Gasteiger partial charge on any atom is -0.368 e. The van der Waals surface area contributed by atoms with Crippen LogP contribution in [0.15, 0.2) is 15.6 Å². The molecule has 0 aliphatic heterocycles. The number of hydrogen-bond donors (Lipinski definition) is 2. The number of rotatable bonds is 4. The number of aromatic amines is 1. The molecule has 2 N–H and O–H groups in total. The third kappa shape index (κ3) is 3.02. The Kier molecular flexibility index (Phi) is 3.71. The molecular weight excluding hydrogens is 337 g/mol. The van der Waals surface area contributed by atoms with E-state index in [0.29, 0.717) is 34.1 Å². The molecule has 2 heterocycles. The van der Waals surface area contributed by atoms with Crippen molar-refractivity contribution in [2.24, 2.45) is 0 Å². The summed E-state index contributed by atoms with van der Waals surface area (Å²) >= 11 is 1.94. The second-order valence-electron chi connectivity index (χ2n) is 3.31. The highest BCUT2D eigenvalue weighted by Crippen LogP contribution is 2.08. The fourth-order valence-electron chi connectivity index (χ4n) is 1.24. The lowest BCUT2D eigenvalue weighted by Crippen LogP contribution is -2.16. The van der Waals surface area contributed by atoms with E-state index in [0.717, 1.165) is 0 Å². The van der Waals surface area contributed by atoms with Gasteiger partial charge in [0.1, 0.15) is 9.39 Å². The fourth-order valence-corrected chi connectivity index (χ4v) is 1.72. The predicted octanol–water partition coefficient (Wildman–Crippen LogP) is 0.721. The Morgan fingerprint density at radius 3 is 3.12 bits per heavy atom. The lowest BCUT2D eigenvalue weighted by molar-refractivity contribution is 0.377. The molecule has 0 amide bonds. The molecule has 0 aromatic carbocycles. The van der Waals surface area contributed by atoms with Gasteiger partial charge in [-0.05, 0) is 29.5 Å². The second-order valence-corrected chi connectivity index (χ2v) is 4.39. The standard InChI is InChI=1S/C9H10IN5O2/c1-5-14-6(17-15-5)2-3-11-8-7(10)9(16)13-4-12-8/h4H,2-3H2,1H3,(H2,11,12,13,16). The molecule has 0 saturated carbocycles. The molecule has 0 fully saturated rings. The number of nitrogens with zero attached hydrogens (tertiary/aromatic N) is 3. The largest absolute Gasteiger partial charge is 0.368 e. The van der Waals surface area contributed by atoms with E-state index in [9.17, 15) is 4.79 Å². The second kappa shape index (κ2) is 5.25. The van der Waals surface area contributed by atoms with Crippen LogP contribution < -0.4 is 10.9 Å². The number of hydrogen-bond acceptors (Lipinski definition) is 6. The summed E-state index contributed by atoms with van der Waals surface area (Å²) in [7, 11) is 0. The Balaban J connectivity index is 1.94. The first-order valence-electron chi connectivity index (χ1n) is 4.93. The molecule has 2 aromatic rings. The number of halogens is 1. The molecule has 17 heavy (non-hydrogen) atoms. The Morgan fingerprint density at radius 2 is 2.41 bits per heavy atom. The van der Waals surface area contributed by atoms with E-state index in [2.05, 4.69) is 25.4 Å². The summed E-state index contributed by atoms with van der Waals surface area (Å²) in [4.78, 5) is 21.9. The third-order valence-electron chi connectivity index (χ3n) is 2.00. The van der Waals surface area contributed by atoms with Crippen molar-refractivity contribution in [3.63, 3.8) is 0 Å². The average Bonchev–Trinajstić information content (AvgIpc) is 2.70. The van der Waals surface area contributed by atoms with Crippen LogP contribution in [-0.2, 0) is 6.42 Å². The van der Waals surface area contributed by atoms with E-state index in [-0.39, 0.29) is 5.56 Å². The number of anilines is 1. The van der Waals surface area contributed by atoms with Gasteiger partial charge in [0.05, 0.1) is 6.33 Å². The molecule has 8 heteroatoms. The summed E-state index contributed by atoms with van der Waals surface area (Å²) in [5.74, 6) is 1.74. The molecule has 90 valence electrons. The highest BCUT2D eigenvalue weighted by molar-refractivity contribution is 14.1. The van der Waals surface area contributed by atoms with E-state index in [1.165, 1.54) is 6.33 Å². The van der Waals surface area contributed by atoms with Crippen LogP contribution in [0, 0.1) is 10.5 Å². The van der Waals surface area contributed by atoms with Gasteiger partial charge in [-0.2, -0.15) is 4.98 Å². The zero-order chi connectivity index (χ0) is 12.3. The maximum absolute atomic E-state index is 11.3. The lowest BCUT2D eigenvalue weighted by Gasteiger charge is -2.04. The maximum Gasteiger partial charge on any atom is 0.266 e. The van der Waals surface area contributed by atoms with Crippen LogP contribution in [0.2, 0.25) is 0 Å². The molecule has 0 spiro atoms. The smallest absolute Gasteiger partial charge is 0.266 e. The topological polar surface area (TPSA) is 96.7 Å². The van der Waals surface area contributed by atoms with Crippen LogP contribution >= 0.6 is 22.6 Å². The lowest BCUT2D eigenvalue weighted by atomic mass is 10.4. The summed E-state index contributed by atoms with van der Waals surface area (Å²) in [6.45, 7) is 2.34. The molecule has 0 radical (unpaired) electrons. The van der Waals surface area contributed by atoms with E-state index in [1.54, 1.807) is 6.92 Å². The molecular formula is C9H10IN5O2. The summed E-state index contributed by atoms with van der Waals surface area (Å²) in [5, 5.41) is 6.73. The van der Waals surface area contributed by atoms with E-state index >= 15 is 0 Å². The van der Waals surface area contributed by atoms with Crippen LogP contribution in [0.5, 0.6) is 0 Å². The van der Waals surface area contributed by atoms with Crippen LogP contribution in [-0.4, -0.2) is 26.7 Å². The number of nitrogens with one attached hydrogen (secondary N) is 2. The van der Waals surface area contributed by atoms with Crippen molar-refractivity contribution < 1.29 is 4.52 Å². The van der Waals surface area contributed by atoms with Gasteiger partial charge in [-0.25, -0.2) is 4.98 Å². The van der Waals surface area contributed by atoms with Crippen molar-refractivity contribution in [2.75, 3.05) is 11.9 Å². The van der Waals surface area contributed by atoms with Gasteiger partial charge in [-0.1, -0.05) is 5.16 Å². The predicted molar refractivity (Wildman–Crippen MR) is 68.8 cm³/mol. The first kappa shape index (κ1) is 12.0. The van der Waals surface area contributed by atoms with Crippen LogP contribution in [0.1, 0.15) is 11.7 Å². The zero-order valence-corrected chi connectivity index (χ0v) is 11.2. The Bertz CT molecular complexity index is 565. The van der Waals surface area contributed by atoms with Crippen molar-refractivity contribution in [2.45, 2.75) is 13.3 Å². The summed E-state index contributed by atoms with van der Waals surface area (Å²) in [5.41, 5.74) is -0.156. The summed E-state index contributed by atoms with van der Waals surface area (Å²) in [6, 6.07) is 0. The molecule has 0 bridgehead atoms. The van der Waals surface area contributed by atoms with Crippen molar-refractivity contribution >= 4 is 28.4 Å². The number of aryl methyl sites for hydroxylation is 1. The van der Waals surface area contributed by atoms with Gasteiger partial charge in [0.15, 0.2) is 5.82 Å². The van der Waals surface area contributed by atoms with Crippen LogP contribution in [0.4, 0.5) is 5.82 Å². The van der Waals surface area contributed by atoms with Crippen molar-refractivity contribution in [1.82, 2.24) is 20.1 Å². The Labute approximate surface area is 110 Å². The minimum atomic E-state index is -0.156. The van der Waals surface area contributed by atoms with Gasteiger partial charge in [0.2, 0.25) is 5.89 Å². The maximum atomic E-state index is 11.3. The molecule has 0 atom stereocenters. The molecule has 0 unspecified atom stereocenters. The highest BCUT2D eigenvalue weighted by Gasteiger charge is 2.06. The Hall–Kier alpha value is -1.45. The molecule has 0 aliphatic rings. The van der Waals surface area contributed by atoms with E-state index < -0.39 is 0 Å². The van der Waals surface area contributed by atoms with Crippen LogP contribution in [0.3, 0.4) is 0 Å². The SMILES string of the molecule is Cc1noc(CCNc2nc[nH]c(=O)c2I)n1. The van der Waals surface area contributed by atoms with Crippen molar-refractivity contribution in [3.8, 4) is 0 Å². The normalized spacial score (nSPS) is 10.5. The molecule has 2 rings (SSSR count). The average molecular weight is 347 g/mol. The van der Waals surface area contributed by atoms with Crippen molar-refractivity contribution in [3.05, 3.63) is 32.0 Å². The van der Waals surface area contributed by atoms with Gasteiger partial charge < -0.3 is 14.8 Å². The van der Waals surface area contributed by atoms with Gasteiger partial charge in [-0.15, -0.1) is 0 Å². The molecule has 0 saturated heterocycles.